The van der Waals surface area contributed by atoms with Gasteiger partial charge in [-0.25, -0.2) is 4.68 Å². The summed E-state index contributed by atoms with van der Waals surface area (Å²) in [7, 11) is 0. The quantitative estimate of drug-likeness (QED) is 0.858. The van der Waals surface area contributed by atoms with Crippen LogP contribution in [0.15, 0.2) is 34.4 Å². The molecule has 2 aliphatic rings. The van der Waals surface area contributed by atoms with Crippen LogP contribution < -0.4 is 5.56 Å². The van der Waals surface area contributed by atoms with Gasteiger partial charge in [0.05, 0.1) is 17.5 Å². The summed E-state index contributed by atoms with van der Waals surface area (Å²) in [6, 6.07) is 7.43. The highest BCUT2D eigenvalue weighted by atomic mass is 32.1. The van der Waals surface area contributed by atoms with Crippen molar-refractivity contribution in [2.75, 3.05) is 6.54 Å². The third-order valence-electron chi connectivity index (χ3n) is 5.14. The lowest BCUT2D eigenvalue weighted by atomic mass is 9.84. The molecule has 2 aromatic heterocycles. The summed E-state index contributed by atoms with van der Waals surface area (Å²) in [6.45, 7) is 1.32. The maximum atomic E-state index is 12.6. The predicted octanol–water partition coefficient (Wildman–Crippen LogP) is 2.76. The van der Waals surface area contributed by atoms with Crippen LogP contribution in [0.4, 0.5) is 0 Å². The van der Waals surface area contributed by atoms with Gasteiger partial charge in [0.25, 0.3) is 5.56 Å². The molecule has 1 atom stereocenters. The topological polar surface area (TPSA) is 55.2 Å². The summed E-state index contributed by atoms with van der Waals surface area (Å²) < 4.78 is 1.53. The van der Waals surface area contributed by atoms with Crippen LogP contribution in [0, 0.1) is 5.92 Å². The second-order valence-electron chi connectivity index (χ2n) is 6.67. The van der Waals surface area contributed by atoms with Gasteiger partial charge in [-0.05, 0) is 43.2 Å². The van der Waals surface area contributed by atoms with E-state index in [1.165, 1.54) is 11.1 Å². The van der Waals surface area contributed by atoms with Gasteiger partial charge in [-0.2, -0.15) is 5.10 Å². The van der Waals surface area contributed by atoms with Crippen molar-refractivity contribution in [3.8, 4) is 10.6 Å². The average molecular weight is 343 g/mol. The SMILES string of the molecule is O=C(C1CCC1)N1CCC[C@@H]1Cn1nc(-c2cccs2)ccc1=O. The van der Waals surface area contributed by atoms with E-state index in [9.17, 15) is 9.59 Å². The molecular formula is C18H21N3O2S. The highest BCUT2D eigenvalue weighted by Gasteiger charge is 2.35. The van der Waals surface area contributed by atoms with Crippen LogP contribution in [0.3, 0.4) is 0 Å². The maximum absolute atomic E-state index is 12.6. The highest BCUT2D eigenvalue weighted by Crippen LogP contribution is 2.31. The van der Waals surface area contributed by atoms with Crippen molar-refractivity contribution in [1.29, 1.82) is 0 Å². The van der Waals surface area contributed by atoms with Gasteiger partial charge < -0.3 is 4.90 Å². The molecular weight excluding hydrogens is 322 g/mol. The molecule has 24 heavy (non-hydrogen) atoms. The van der Waals surface area contributed by atoms with Crippen LogP contribution in [0.25, 0.3) is 10.6 Å². The molecule has 126 valence electrons. The number of hydrogen-bond acceptors (Lipinski definition) is 4. The van der Waals surface area contributed by atoms with Crippen LogP contribution in [-0.4, -0.2) is 33.2 Å². The van der Waals surface area contributed by atoms with Crippen molar-refractivity contribution in [1.82, 2.24) is 14.7 Å². The van der Waals surface area contributed by atoms with Gasteiger partial charge in [0.15, 0.2) is 0 Å². The number of likely N-dealkylation sites (tertiary alicyclic amines) is 1. The normalized spacial score (nSPS) is 21.0. The molecule has 4 rings (SSSR count). The Morgan fingerprint density at radius 2 is 2.08 bits per heavy atom. The van der Waals surface area contributed by atoms with Gasteiger partial charge in [0.1, 0.15) is 5.69 Å². The van der Waals surface area contributed by atoms with Crippen LogP contribution in [0.2, 0.25) is 0 Å². The molecule has 0 radical (unpaired) electrons. The number of hydrogen-bond donors (Lipinski definition) is 0. The Bertz CT molecular complexity index is 780. The maximum Gasteiger partial charge on any atom is 0.266 e. The lowest BCUT2D eigenvalue weighted by Crippen LogP contribution is -2.44. The summed E-state index contributed by atoms with van der Waals surface area (Å²) in [4.78, 5) is 27.8. The molecule has 6 heteroatoms. The first-order valence-corrected chi connectivity index (χ1v) is 9.53. The molecule has 2 fully saturated rings. The molecule has 1 saturated carbocycles. The van der Waals surface area contributed by atoms with Crippen LogP contribution in [0.5, 0.6) is 0 Å². The fourth-order valence-corrected chi connectivity index (χ4v) is 4.23. The Labute approximate surface area is 144 Å². The predicted molar refractivity (Wildman–Crippen MR) is 93.9 cm³/mol. The van der Waals surface area contributed by atoms with Crippen LogP contribution in [0.1, 0.15) is 32.1 Å². The van der Waals surface area contributed by atoms with E-state index in [0.29, 0.717) is 6.54 Å². The van der Waals surface area contributed by atoms with E-state index in [2.05, 4.69) is 5.10 Å². The molecule has 0 unspecified atom stereocenters. The summed E-state index contributed by atoms with van der Waals surface area (Å²) in [5.41, 5.74) is 0.720. The lowest BCUT2D eigenvalue weighted by molar-refractivity contribution is -0.139. The van der Waals surface area contributed by atoms with E-state index in [-0.39, 0.29) is 23.4 Å². The average Bonchev–Trinajstić information content (AvgIpc) is 3.19. The number of carbonyl (C=O) groups is 1. The zero-order valence-electron chi connectivity index (χ0n) is 13.6. The van der Waals surface area contributed by atoms with E-state index in [1.54, 1.807) is 23.5 Å². The number of amides is 1. The van der Waals surface area contributed by atoms with Gasteiger partial charge in [-0.15, -0.1) is 11.3 Å². The Kier molecular flexibility index (Phi) is 4.22. The zero-order valence-corrected chi connectivity index (χ0v) is 14.4. The number of aromatic nitrogens is 2. The van der Waals surface area contributed by atoms with Gasteiger partial charge in [0, 0.05) is 18.5 Å². The van der Waals surface area contributed by atoms with Gasteiger partial charge >= 0.3 is 0 Å². The third kappa shape index (κ3) is 2.90. The van der Waals surface area contributed by atoms with Gasteiger partial charge in [-0.1, -0.05) is 12.5 Å². The molecule has 3 heterocycles. The Hall–Kier alpha value is -1.95. The minimum absolute atomic E-state index is 0.0988. The molecule has 0 N–H and O–H groups in total. The van der Waals surface area contributed by atoms with Crippen LogP contribution in [-0.2, 0) is 11.3 Å². The van der Waals surface area contributed by atoms with Gasteiger partial charge in [0.2, 0.25) is 5.91 Å². The van der Waals surface area contributed by atoms with Gasteiger partial charge in [-0.3, -0.25) is 9.59 Å². The van der Waals surface area contributed by atoms with Crippen molar-refractivity contribution >= 4 is 17.2 Å². The number of carbonyl (C=O) groups excluding carboxylic acids is 1. The molecule has 1 aliphatic heterocycles. The third-order valence-corrected chi connectivity index (χ3v) is 6.03. The minimum Gasteiger partial charge on any atom is -0.338 e. The van der Waals surface area contributed by atoms with Crippen molar-refractivity contribution < 1.29 is 4.79 Å². The van der Waals surface area contributed by atoms with E-state index >= 15 is 0 Å². The molecule has 1 amide bonds. The number of nitrogens with zero attached hydrogens (tertiary/aromatic N) is 3. The minimum atomic E-state index is -0.0988. The Morgan fingerprint density at radius 1 is 1.21 bits per heavy atom. The van der Waals surface area contributed by atoms with E-state index < -0.39 is 0 Å². The molecule has 1 saturated heterocycles. The highest BCUT2D eigenvalue weighted by molar-refractivity contribution is 7.13. The second kappa shape index (κ2) is 6.51. The first-order chi connectivity index (χ1) is 11.7. The van der Waals surface area contributed by atoms with Crippen LogP contribution >= 0.6 is 11.3 Å². The number of thiophene rings is 1. The Balaban J connectivity index is 1.54. The first-order valence-electron chi connectivity index (χ1n) is 8.65. The molecule has 0 bridgehead atoms. The van der Waals surface area contributed by atoms with Crippen molar-refractivity contribution in [3.63, 3.8) is 0 Å². The first kappa shape index (κ1) is 15.6. The molecule has 1 aliphatic carbocycles. The fourth-order valence-electron chi connectivity index (χ4n) is 3.54. The molecule has 0 aromatic carbocycles. The summed E-state index contributed by atoms with van der Waals surface area (Å²) >= 11 is 1.61. The number of rotatable bonds is 4. The lowest BCUT2D eigenvalue weighted by Gasteiger charge is -2.32. The second-order valence-corrected chi connectivity index (χ2v) is 7.62. The molecule has 5 nitrogen and oxygen atoms in total. The largest absolute Gasteiger partial charge is 0.338 e. The zero-order chi connectivity index (χ0) is 16.5. The van der Waals surface area contributed by atoms with Crippen molar-refractivity contribution in [3.05, 3.63) is 40.0 Å². The van der Waals surface area contributed by atoms with Crippen molar-refractivity contribution in [2.24, 2.45) is 5.92 Å². The molecule has 0 spiro atoms. The fraction of sp³-hybridized carbons (Fsp3) is 0.500. The Morgan fingerprint density at radius 3 is 2.79 bits per heavy atom. The van der Waals surface area contributed by atoms with E-state index in [4.69, 9.17) is 0 Å². The van der Waals surface area contributed by atoms with E-state index in [0.717, 1.165) is 42.8 Å². The molecule has 2 aromatic rings. The monoisotopic (exact) mass is 343 g/mol. The summed E-state index contributed by atoms with van der Waals surface area (Å²) in [5.74, 6) is 0.499. The standard InChI is InChI=1S/C18H21N3O2S/c22-17-9-8-15(16-7-3-11-24-16)19-21(17)12-14-6-2-10-20(14)18(23)13-4-1-5-13/h3,7-9,11,13-14H,1-2,4-6,10,12H2/t14-/m1/s1. The summed E-state index contributed by atoms with van der Waals surface area (Å²) in [5, 5.41) is 6.53. The summed E-state index contributed by atoms with van der Waals surface area (Å²) in [6.07, 6.45) is 5.18. The van der Waals surface area contributed by atoms with Crippen molar-refractivity contribution in [2.45, 2.75) is 44.7 Å². The smallest absolute Gasteiger partial charge is 0.266 e. The van der Waals surface area contributed by atoms with E-state index in [1.807, 2.05) is 22.4 Å².